The molecule has 20 heavy (non-hydrogen) atoms. The second kappa shape index (κ2) is 6.67. The topological polar surface area (TPSA) is 95.5 Å². The lowest BCUT2D eigenvalue weighted by atomic mass is 9.97. The Morgan fingerprint density at radius 2 is 2.15 bits per heavy atom. The Morgan fingerprint density at radius 1 is 1.55 bits per heavy atom. The SMILES string of the molecule is CCOC(=O)c1cc(CC)c([N+](=O)[O-])c(C(C)N)c1Cl. The molecule has 6 nitrogen and oxygen atoms in total. The Hall–Kier alpha value is -1.66. The first-order chi connectivity index (χ1) is 9.34. The molecule has 0 fully saturated rings. The van der Waals surface area contributed by atoms with Gasteiger partial charge >= 0.3 is 5.97 Å². The molecule has 0 aliphatic carbocycles. The molecule has 1 aromatic rings. The number of hydrogen-bond donors (Lipinski definition) is 1. The molecule has 0 aromatic heterocycles. The van der Waals surface area contributed by atoms with Gasteiger partial charge in [-0.3, -0.25) is 10.1 Å². The first-order valence-corrected chi connectivity index (χ1v) is 6.65. The molecule has 0 spiro atoms. The van der Waals surface area contributed by atoms with Gasteiger partial charge in [0.05, 0.1) is 27.7 Å². The lowest BCUT2D eigenvalue weighted by molar-refractivity contribution is -0.386. The molecule has 0 radical (unpaired) electrons. The van der Waals surface area contributed by atoms with Crippen molar-refractivity contribution in [1.29, 1.82) is 0 Å². The highest BCUT2D eigenvalue weighted by Gasteiger charge is 2.29. The molecular weight excluding hydrogens is 284 g/mol. The van der Waals surface area contributed by atoms with Crippen LogP contribution in [0.15, 0.2) is 6.07 Å². The van der Waals surface area contributed by atoms with Crippen LogP contribution in [0.2, 0.25) is 5.02 Å². The molecule has 0 amide bonds. The second-order valence-electron chi connectivity index (χ2n) is 4.28. The number of rotatable bonds is 5. The van der Waals surface area contributed by atoms with E-state index in [0.29, 0.717) is 12.0 Å². The minimum Gasteiger partial charge on any atom is -0.462 e. The number of hydrogen-bond acceptors (Lipinski definition) is 5. The van der Waals surface area contributed by atoms with Crippen LogP contribution in [0.25, 0.3) is 0 Å². The van der Waals surface area contributed by atoms with Crippen LogP contribution >= 0.6 is 11.6 Å². The summed E-state index contributed by atoms with van der Waals surface area (Å²) in [7, 11) is 0. The van der Waals surface area contributed by atoms with Gasteiger partial charge in [-0.15, -0.1) is 0 Å². The molecule has 1 rings (SSSR count). The van der Waals surface area contributed by atoms with Crippen molar-refractivity contribution in [2.45, 2.75) is 33.2 Å². The van der Waals surface area contributed by atoms with E-state index in [9.17, 15) is 14.9 Å². The summed E-state index contributed by atoms with van der Waals surface area (Å²) in [4.78, 5) is 22.6. The number of nitrogens with two attached hydrogens (primary N) is 1. The van der Waals surface area contributed by atoms with Gasteiger partial charge in [-0.25, -0.2) is 4.79 Å². The van der Waals surface area contributed by atoms with E-state index in [1.54, 1.807) is 20.8 Å². The zero-order valence-electron chi connectivity index (χ0n) is 11.6. The van der Waals surface area contributed by atoms with E-state index in [1.165, 1.54) is 6.07 Å². The van der Waals surface area contributed by atoms with Gasteiger partial charge in [-0.2, -0.15) is 0 Å². The van der Waals surface area contributed by atoms with Crippen LogP contribution in [0.3, 0.4) is 0 Å². The fourth-order valence-electron chi connectivity index (χ4n) is 1.99. The minimum atomic E-state index is -0.664. The largest absolute Gasteiger partial charge is 0.462 e. The highest BCUT2D eigenvalue weighted by molar-refractivity contribution is 6.34. The first-order valence-electron chi connectivity index (χ1n) is 6.27. The molecule has 0 saturated heterocycles. The van der Waals surface area contributed by atoms with Crippen LogP contribution in [0, 0.1) is 10.1 Å². The summed E-state index contributed by atoms with van der Waals surface area (Å²) in [5.41, 5.74) is 6.35. The molecule has 1 aromatic carbocycles. The lowest BCUT2D eigenvalue weighted by Crippen LogP contribution is -2.15. The first kappa shape index (κ1) is 16.4. The average molecular weight is 301 g/mol. The van der Waals surface area contributed by atoms with Gasteiger partial charge in [0.1, 0.15) is 0 Å². The molecule has 0 bridgehead atoms. The predicted octanol–water partition coefficient (Wildman–Crippen LogP) is 3.01. The fourth-order valence-corrected chi connectivity index (χ4v) is 2.38. The summed E-state index contributed by atoms with van der Waals surface area (Å²) < 4.78 is 4.91. The molecule has 2 N–H and O–H groups in total. The molecule has 1 atom stereocenters. The predicted molar refractivity (Wildman–Crippen MR) is 76.0 cm³/mol. The number of nitro benzene ring substituents is 1. The number of carbonyl (C=O) groups is 1. The summed E-state index contributed by atoms with van der Waals surface area (Å²) in [5.74, 6) is -0.607. The van der Waals surface area contributed by atoms with Crippen molar-refractivity contribution < 1.29 is 14.5 Å². The zero-order chi connectivity index (χ0) is 15.4. The summed E-state index contributed by atoms with van der Waals surface area (Å²) in [5, 5.41) is 11.2. The van der Waals surface area contributed by atoms with E-state index in [1.807, 2.05) is 0 Å². The highest BCUT2D eigenvalue weighted by atomic mass is 35.5. The van der Waals surface area contributed by atoms with Crippen LogP contribution in [-0.4, -0.2) is 17.5 Å². The molecule has 0 saturated carbocycles. The van der Waals surface area contributed by atoms with Crippen molar-refractivity contribution >= 4 is 23.3 Å². The molecule has 0 aliphatic rings. The van der Waals surface area contributed by atoms with E-state index < -0.39 is 16.9 Å². The van der Waals surface area contributed by atoms with Gasteiger partial charge in [-0.05, 0) is 26.3 Å². The van der Waals surface area contributed by atoms with Crippen molar-refractivity contribution in [1.82, 2.24) is 0 Å². The number of halogens is 1. The number of benzene rings is 1. The lowest BCUT2D eigenvalue weighted by Gasteiger charge is -2.15. The standard InChI is InChI=1S/C13H17ClN2O4/c1-4-8-6-9(13(17)20-5-2)11(14)10(7(3)15)12(8)16(18)19/h6-7H,4-5,15H2,1-3H3. The molecule has 0 aliphatic heterocycles. The summed E-state index contributed by atoms with van der Waals surface area (Å²) in [6.45, 7) is 5.21. The van der Waals surface area contributed by atoms with E-state index in [0.717, 1.165) is 0 Å². The van der Waals surface area contributed by atoms with Crippen molar-refractivity contribution in [2.24, 2.45) is 5.73 Å². The Morgan fingerprint density at radius 3 is 2.55 bits per heavy atom. The summed E-state index contributed by atoms with van der Waals surface area (Å²) in [6, 6.07) is 0.743. The average Bonchev–Trinajstić information content (AvgIpc) is 2.37. The van der Waals surface area contributed by atoms with E-state index in [2.05, 4.69) is 0 Å². The number of ether oxygens (including phenoxy) is 1. The number of nitrogens with zero attached hydrogens (tertiary/aromatic N) is 1. The third-order valence-electron chi connectivity index (χ3n) is 2.86. The van der Waals surface area contributed by atoms with E-state index in [-0.39, 0.29) is 28.4 Å². The van der Waals surface area contributed by atoms with Gasteiger partial charge in [-0.1, -0.05) is 18.5 Å². The third kappa shape index (κ3) is 3.08. The van der Waals surface area contributed by atoms with Crippen LogP contribution in [0.5, 0.6) is 0 Å². The van der Waals surface area contributed by atoms with Gasteiger partial charge in [0.15, 0.2) is 0 Å². The monoisotopic (exact) mass is 300 g/mol. The normalized spacial score (nSPS) is 12.1. The van der Waals surface area contributed by atoms with Crippen LogP contribution < -0.4 is 5.73 Å². The smallest absolute Gasteiger partial charge is 0.339 e. The number of carbonyl (C=O) groups excluding carboxylic acids is 1. The Labute approximate surface area is 122 Å². The Balaban J connectivity index is 3.64. The molecule has 110 valence electrons. The van der Waals surface area contributed by atoms with Crippen molar-refractivity contribution in [3.05, 3.63) is 37.9 Å². The fraction of sp³-hybridized carbons (Fsp3) is 0.462. The van der Waals surface area contributed by atoms with Gasteiger partial charge in [0, 0.05) is 11.6 Å². The highest BCUT2D eigenvalue weighted by Crippen LogP contribution is 2.37. The van der Waals surface area contributed by atoms with Gasteiger partial charge < -0.3 is 10.5 Å². The van der Waals surface area contributed by atoms with Crippen molar-refractivity contribution in [2.75, 3.05) is 6.61 Å². The number of nitro groups is 1. The van der Waals surface area contributed by atoms with Crippen molar-refractivity contribution in [3.8, 4) is 0 Å². The van der Waals surface area contributed by atoms with E-state index in [4.69, 9.17) is 22.1 Å². The number of aryl methyl sites for hydroxylation is 1. The number of esters is 1. The Kier molecular flexibility index (Phi) is 5.47. The molecule has 0 heterocycles. The Bertz CT molecular complexity index is 544. The second-order valence-corrected chi connectivity index (χ2v) is 4.66. The van der Waals surface area contributed by atoms with Gasteiger partial charge in [0.25, 0.3) is 5.69 Å². The maximum Gasteiger partial charge on any atom is 0.339 e. The maximum atomic E-state index is 11.9. The quantitative estimate of drug-likeness (QED) is 0.512. The van der Waals surface area contributed by atoms with Crippen LogP contribution in [0.1, 0.15) is 48.3 Å². The van der Waals surface area contributed by atoms with Crippen LogP contribution in [-0.2, 0) is 11.2 Å². The maximum absolute atomic E-state index is 11.9. The molecule has 1 unspecified atom stereocenters. The summed E-state index contributed by atoms with van der Waals surface area (Å²) >= 11 is 6.13. The van der Waals surface area contributed by atoms with Crippen LogP contribution in [0.4, 0.5) is 5.69 Å². The van der Waals surface area contributed by atoms with E-state index >= 15 is 0 Å². The third-order valence-corrected chi connectivity index (χ3v) is 3.27. The zero-order valence-corrected chi connectivity index (χ0v) is 12.4. The minimum absolute atomic E-state index is 0.0117. The van der Waals surface area contributed by atoms with Crippen molar-refractivity contribution in [3.63, 3.8) is 0 Å². The molecular formula is C13H17ClN2O4. The summed E-state index contributed by atoms with van der Waals surface area (Å²) in [6.07, 6.45) is 0.388. The van der Waals surface area contributed by atoms with Gasteiger partial charge in [0.2, 0.25) is 0 Å². The molecule has 7 heteroatoms.